The summed E-state index contributed by atoms with van der Waals surface area (Å²) in [7, 11) is 0. The van der Waals surface area contributed by atoms with E-state index in [-0.39, 0.29) is 18.0 Å². The number of rotatable bonds is 5. The van der Waals surface area contributed by atoms with E-state index in [1.165, 1.54) is 10.7 Å². The number of hydrogen-bond donors (Lipinski definition) is 1. The Hall–Kier alpha value is -3.45. The molecule has 1 aliphatic heterocycles. The summed E-state index contributed by atoms with van der Waals surface area (Å²) in [5.41, 5.74) is 5.26. The Kier molecular flexibility index (Phi) is 6.13. The molecule has 3 aromatic rings. The Morgan fingerprint density at radius 1 is 1.03 bits per heavy atom. The highest BCUT2D eigenvalue weighted by Gasteiger charge is 2.12. The maximum absolute atomic E-state index is 12.6. The number of benzene rings is 2. The van der Waals surface area contributed by atoms with Crippen LogP contribution in [0.2, 0.25) is 0 Å². The average molecular weight is 418 g/mol. The Balaban J connectivity index is 1.46. The van der Waals surface area contributed by atoms with Crippen LogP contribution in [0.5, 0.6) is 0 Å². The standard InChI is InChI=1S/C24H26N4O3/c1-17-3-4-18(2)21(15-17)22-9-10-24(30)28(26-22)16-23(29)25-19-5-7-20(8-6-19)27-11-13-31-14-12-27/h3-10,15H,11-14,16H2,1-2H3,(H,25,29). The molecule has 0 radical (unpaired) electrons. The molecule has 0 bridgehead atoms. The van der Waals surface area contributed by atoms with E-state index in [4.69, 9.17) is 4.74 Å². The second kappa shape index (κ2) is 9.14. The zero-order valence-electron chi connectivity index (χ0n) is 17.8. The van der Waals surface area contributed by atoms with Gasteiger partial charge < -0.3 is 15.0 Å². The number of amides is 1. The number of morpholine rings is 1. The fraction of sp³-hybridized carbons (Fsp3) is 0.292. The third kappa shape index (κ3) is 5.00. The van der Waals surface area contributed by atoms with Crippen LogP contribution in [0, 0.1) is 13.8 Å². The molecule has 4 rings (SSSR count). The first-order chi connectivity index (χ1) is 15.0. The van der Waals surface area contributed by atoms with Gasteiger partial charge in [-0.2, -0.15) is 5.10 Å². The molecule has 1 aliphatic rings. The van der Waals surface area contributed by atoms with Gasteiger partial charge in [-0.25, -0.2) is 4.68 Å². The molecule has 1 amide bonds. The summed E-state index contributed by atoms with van der Waals surface area (Å²) in [5.74, 6) is -0.299. The number of aryl methyl sites for hydroxylation is 2. The molecule has 0 spiro atoms. The van der Waals surface area contributed by atoms with Crippen LogP contribution in [0.4, 0.5) is 11.4 Å². The van der Waals surface area contributed by atoms with Crippen molar-refractivity contribution in [3.63, 3.8) is 0 Å². The summed E-state index contributed by atoms with van der Waals surface area (Å²) in [6.07, 6.45) is 0. The molecule has 7 nitrogen and oxygen atoms in total. The summed E-state index contributed by atoms with van der Waals surface area (Å²) in [4.78, 5) is 27.1. The first-order valence-electron chi connectivity index (χ1n) is 10.4. The molecule has 2 heterocycles. The summed E-state index contributed by atoms with van der Waals surface area (Å²) in [6, 6.07) is 16.9. The lowest BCUT2D eigenvalue weighted by atomic mass is 10.0. The van der Waals surface area contributed by atoms with Crippen molar-refractivity contribution in [2.75, 3.05) is 36.5 Å². The maximum atomic E-state index is 12.6. The first kappa shape index (κ1) is 20.8. The number of carbonyl (C=O) groups is 1. The van der Waals surface area contributed by atoms with Crippen LogP contribution in [0.25, 0.3) is 11.3 Å². The average Bonchev–Trinajstić information content (AvgIpc) is 2.78. The largest absolute Gasteiger partial charge is 0.378 e. The monoisotopic (exact) mass is 418 g/mol. The van der Waals surface area contributed by atoms with E-state index in [0.717, 1.165) is 48.7 Å². The maximum Gasteiger partial charge on any atom is 0.267 e. The molecular formula is C24H26N4O3. The fourth-order valence-corrected chi connectivity index (χ4v) is 3.63. The van der Waals surface area contributed by atoms with E-state index in [2.05, 4.69) is 15.3 Å². The third-order valence-electron chi connectivity index (χ3n) is 5.36. The normalized spacial score (nSPS) is 13.8. The summed E-state index contributed by atoms with van der Waals surface area (Å²) in [6.45, 7) is 7.02. The van der Waals surface area contributed by atoms with Gasteiger partial charge in [0.1, 0.15) is 6.54 Å². The van der Waals surface area contributed by atoms with E-state index < -0.39 is 0 Å². The highest BCUT2D eigenvalue weighted by Crippen LogP contribution is 2.22. The number of carbonyl (C=O) groups excluding carboxylic acids is 1. The van der Waals surface area contributed by atoms with Gasteiger partial charge in [0.2, 0.25) is 5.91 Å². The number of hydrogen-bond acceptors (Lipinski definition) is 5. The molecule has 31 heavy (non-hydrogen) atoms. The van der Waals surface area contributed by atoms with Gasteiger partial charge in [0.25, 0.3) is 5.56 Å². The predicted octanol–water partition coefficient (Wildman–Crippen LogP) is 3.00. The van der Waals surface area contributed by atoms with E-state index >= 15 is 0 Å². The SMILES string of the molecule is Cc1ccc(C)c(-c2ccc(=O)n(CC(=O)Nc3ccc(N4CCOCC4)cc3)n2)c1. The van der Waals surface area contributed by atoms with E-state index in [1.807, 2.05) is 56.3 Å². The van der Waals surface area contributed by atoms with Crippen LogP contribution in [-0.4, -0.2) is 42.0 Å². The van der Waals surface area contributed by atoms with Crippen LogP contribution in [0.15, 0.2) is 59.4 Å². The van der Waals surface area contributed by atoms with Gasteiger partial charge in [-0.05, 0) is 55.8 Å². The number of anilines is 2. The minimum Gasteiger partial charge on any atom is -0.378 e. The van der Waals surface area contributed by atoms with Gasteiger partial charge in [-0.3, -0.25) is 9.59 Å². The zero-order valence-corrected chi connectivity index (χ0v) is 17.8. The summed E-state index contributed by atoms with van der Waals surface area (Å²) in [5, 5.41) is 7.27. The Morgan fingerprint density at radius 3 is 2.52 bits per heavy atom. The molecule has 0 atom stereocenters. The second-order valence-corrected chi connectivity index (χ2v) is 7.73. The lowest BCUT2D eigenvalue weighted by molar-refractivity contribution is -0.117. The molecule has 0 saturated carbocycles. The van der Waals surface area contributed by atoms with Crippen LogP contribution in [0.3, 0.4) is 0 Å². The van der Waals surface area contributed by atoms with Gasteiger partial charge in [0, 0.05) is 36.1 Å². The zero-order chi connectivity index (χ0) is 21.8. The van der Waals surface area contributed by atoms with Crippen molar-refractivity contribution in [1.82, 2.24) is 9.78 Å². The molecule has 0 unspecified atom stereocenters. The highest BCUT2D eigenvalue weighted by atomic mass is 16.5. The Bertz CT molecular complexity index is 1130. The lowest BCUT2D eigenvalue weighted by Gasteiger charge is -2.28. The molecule has 1 fully saturated rings. The van der Waals surface area contributed by atoms with Crippen molar-refractivity contribution in [3.8, 4) is 11.3 Å². The number of nitrogens with one attached hydrogen (secondary N) is 1. The van der Waals surface area contributed by atoms with Crippen molar-refractivity contribution in [2.24, 2.45) is 0 Å². The third-order valence-corrected chi connectivity index (χ3v) is 5.36. The van der Waals surface area contributed by atoms with Crippen LogP contribution < -0.4 is 15.8 Å². The molecule has 1 aromatic heterocycles. The van der Waals surface area contributed by atoms with Crippen molar-refractivity contribution in [3.05, 3.63) is 76.1 Å². The minimum atomic E-state index is -0.313. The fourth-order valence-electron chi connectivity index (χ4n) is 3.63. The number of nitrogens with zero attached hydrogens (tertiary/aromatic N) is 3. The van der Waals surface area contributed by atoms with Crippen LogP contribution >= 0.6 is 0 Å². The quantitative estimate of drug-likeness (QED) is 0.689. The van der Waals surface area contributed by atoms with Gasteiger partial charge in [-0.15, -0.1) is 0 Å². The van der Waals surface area contributed by atoms with Crippen LogP contribution in [0.1, 0.15) is 11.1 Å². The molecule has 160 valence electrons. The molecular weight excluding hydrogens is 392 g/mol. The topological polar surface area (TPSA) is 76.5 Å². The van der Waals surface area contributed by atoms with Crippen molar-refractivity contribution in [2.45, 2.75) is 20.4 Å². The first-order valence-corrected chi connectivity index (χ1v) is 10.4. The second-order valence-electron chi connectivity index (χ2n) is 7.73. The summed E-state index contributed by atoms with van der Waals surface area (Å²) >= 11 is 0. The summed E-state index contributed by atoms with van der Waals surface area (Å²) < 4.78 is 6.58. The van der Waals surface area contributed by atoms with Gasteiger partial charge in [0.15, 0.2) is 0 Å². The van der Waals surface area contributed by atoms with Crippen molar-refractivity contribution in [1.29, 1.82) is 0 Å². The van der Waals surface area contributed by atoms with Crippen LogP contribution in [-0.2, 0) is 16.1 Å². The Morgan fingerprint density at radius 2 is 1.77 bits per heavy atom. The van der Waals surface area contributed by atoms with E-state index in [1.54, 1.807) is 6.07 Å². The Labute approximate surface area is 181 Å². The number of ether oxygens (including phenoxy) is 1. The molecule has 1 N–H and O–H groups in total. The van der Waals surface area contributed by atoms with Gasteiger partial charge >= 0.3 is 0 Å². The van der Waals surface area contributed by atoms with Crippen molar-refractivity contribution < 1.29 is 9.53 Å². The number of aromatic nitrogens is 2. The van der Waals surface area contributed by atoms with Gasteiger partial charge in [-0.1, -0.05) is 17.7 Å². The van der Waals surface area contributed by atoms with Crippen molar-refractivity contribution >= 4 is 17.3 Å². The predicted molar refractivity (Wildman–Crippen MR) is 122 cm³/mol. The van der Waals surface area contributed by atoms with E-state index in [9.17, 15) is 9.59 Å². The molecule has 0 aliphatic carbocycles. The van der Waals surface area contributed by atoms with Gasteiger partial charge in [0.05, 0.1) is 18.9 Å². The molecule has 7 heteroatoms. The minimum absolute atomic E-state index is 0.150. The molecule has 1 saturated heterocycles. The smallest absolute Gasteiger partial charge is 0.267 e. The highest BCUT2D eigenvalue weighted by molar-refractivity contribution is 5.90. The lowest BCUT2D eigenvalue weighted by Crippen LogP contribution is -2.36. The van der Waals surface area contributed by atoms with E-state index in [0.29, 0.717) is 11.4 Å². The molecule has 2 aromatic carbocycles.